The fraction of sp³-hybridized carbons (Fsp3) is 0.650. The van der Waals surface area contributed by atoms with Crippen molar-refractivity contribution in [3.05, 3.63) is 29.8 Å². The Bertz CT molecular complexity index is 627. The standard InChI is InChI=1S/C20H30N4OS.HI/c1-21-19(24-8-6-20(15-24)7-11-25-16-20)22-14-17-2-4-18(5-3-17)23-9-12-26-13-10-23;/h2-5H,6-16H2,1H3,(H,21,22);1H. The van der Waals surface area contributed by atoms with Crippen molar-refractivity contribution in [3.8, 4) is 0 Å². The Morgan fingerprint density at radius 3 is 2.63 bits per heavy atom. The molecule has 0 saturated carbocycles. The van der Waals surface area contributed by atoms with E-state index in [1.54, 1.807) is 0 Å². The van der Waals surface area contributed by atoms with Gasteiger partial charge in [0.25, 0.3) is 0 Å². The van der Waals surface area contributed by atoms with Crippen LogP contribution >= 0.6 is 35.7 Å². The van der Waals surface area contributed by atoms with E-state index in [0.29, 0.717) is 5.41 Å². The third-order valence-electron chi connectivity index (χ3n) is 5.90. The normalized spacial score (nSPS) is 25.7. The molecule has 3 aliphatic heterocycles. The van der Waals surface area contributed by atoms with Gasteiger partial charge in [0.05, 0.1) is 6.61 Å². The van der Waals surface area contributed by atoms with Crippen molar-refractivity contribution in [1.29, 1.82) is 0 Å². The number of hydrogen-bond acceptors (Lipinski definition) is 4. The monoisotopic (exact) mass is 502 g/mol. The minimum absolute atomic E-state index is 0. The molecule has 0 radical (unpaired) electrons. The molecule has 0 amide bonds. The van der Waals surface area contributed by atoms with Crippen molar-refractivity contribution in [2.45, 2.75) is 19.4 Å². The number of aliphatic imine (C=N–C) groups is 1. The van der Waals surface area contributed by atoms with Crippen LogP contribution in [0.5, 0.6) is 0 Å². The third kappa shape index (κ3) is 5.03. The lowest BCUT2D eigenvalue weighted by molar-refractivity contribution is 0.156. The topological polar surface area (TPSA) is 40.1 Å². The maximum Gasteiger partial charge on any atom is 0.193 e. The lowest BCUT2D eigenvalue weighted by atomic mass is 9.87. The van der Waals surface area contributed by atoms with Gasteiger partial charge < -0.3 is 19.9 Å². The molecule has 0 aromatic heterocycles. The van der Waals surface area contributed by atoms with Crippen LogP contribution in [0.2, 0.25) is 0 Å². The molecule has 3 fully saturated rings. The molecule has 5 nitrogen and oxygen atoms in total. The minimum Gasteiger partial charge on any atom is -0.381 e. The zero-order valence-electron chi connectivity index (χ0n) is 16.2. The predicted octanol–water partition coefficient (Wildman–Crippen LogP) is 3.05. The molecule has 7 heteroatoms. The predicted molar refractivity (Wildman–Crippen MR) is 126 cm³/mol. The summed E-state index contributed by atoms with van der Waals surface area (Å²) in [5, 5.41) is 3.55. The van der Waals surface area contributed by atoms with Gasteiger partial charge in [0.1, 0.15) is 0 Å². The van der Waals surface area contributed by atoms with Gasteiger partial charge in [-0.1, -0.05) is 12.1 Å². The van der Waals surface area contributed by atoms with Crippen molar-refractivity contribution in [1.82, 2.24) is 10.2 Å². The second kappa shape index (κ2) is 9.69. The highest BCUT2D eigenvalue weighted by molar-refractivity contribution is 14.0. The van der Waals surface area contributed by atoms with Gasteiger partial charge >= 0.3 is 0 Å². The van der Waals surface area contributed by atoms with E-state index in [2.05, 4.69) is 56.1 Å². The molecule has 3 aliphatic rings. The number of nitrogens with one attached hydrogen (secondary N) is 1. The second-order valence-corrected chi connectivity index (χ2v) is 8.87. The second-order valence-electron chi connectivity index (χ2n) is 7.64. The van der Waals surface area contributed by atoms with E-state index >= 15 is 0 Å². The van der Waals surface area contributed by atoms with Crippen LogP contribution in [0.15, 0.2) is 29.3 Å². The van der Waals surface area contributed by atoms with E-state index in [1.165, 1.54) is 35.6 Å². The molecule has 1 atom stereocenters. The summed E-state index contributed by atoms with van der Waals surface area (Å²) in [5.74, 6) is 3.50. The number of nitrogens with zero attached hydrogens (tertiary/aromatic N) is 3. The van der Waals surface area contributed by atoms with Crippen molar-refractivity contribution in [2.75, 3.05) is 62.8 Å². The zero-order valence-corrected chi connectivity index (χ0v) is 19.3. The Hall–Kier alpha value is -0.670. The van der Waals surface area contributed by atoms with E-state index in [1.807, 2.05) is 7.05 Å². The van der Waals surface area contributed by atoms with Gasteiger partial charge in [-0.05, 0) is 30.5 Å². The van der Waals surface area contributed by atoms with Gasteiger partial charge in [0, 0.05) is 69.0 Å². The lowest BCUT2D eigenvalue weighted by Gasteiger charge is -2.28. The molecular formula is C20H31IN4OS. The summed E-state index contributed by atoms with van der Waals surface area (Å²) in [6, 6.07) is 9.01. The van der Waals surface area contributed by atoms with E-state index in [4.69, 9.17) is 4.74 Å². The summed E-state index contributed by atoms with van der Waals surface area (Å²) in [7, 11) is 1.88. The highest BCUT2D eigenvalue weighted by atomic mass is 127. The highest BCUT2D eigenvalue weighted by Gasteiger charge is 2.42. The summed E-state index contributed by atoms with van der Waals surface area (Å²) in [4.78, 5) is 9.39. The van der Waals surface area contributed by atoms with Crippen molar-refractivity contribution in [3.63, 3.8) is 0 Å². The maximum atomic E-state index is 5.64. The van der Waals surface area contributed by atoms with Crippen LogP contribution in [0, 0.1) is 5.41 Å². The lowest BCUT2D eigenvalue weighted by Crippen LogP contribution is -2.41. The van der Waals surface area contributed by atoms with Crippen LogP contribution in [-0.2, 0) is 11.3 Å². The van der Waals surface area contributed by atoms with Crippen LogP contribution in [0.4, 0.5) is 5.69 Å². The van der Waals surface area contributed by atoms with Gasteiger partial charge in [-0.2, -0.15) is 11.8 Å². The minimum atomic E-state index is 0. The number of likely N-dealkylation sites (tertiary alicyclic amines) is 1. The first-order chi connectivity index (χ1) is 12.8. The quantitative estimate of drug-likeness (QED) is 0.391. The number of thioether (sulfide) groups is 1. The summed E-state index contributed by atoms with van der Waals surface area (Å²) in [6.45, 7) is 7.12. The molecular weight excluding hydrogens is 471 g/mol. The number of benzene rings is 1. The fourth-order valence-corrected chi connectivity index (χ4v) is 5.15. The number of guanidine groups is 1. The average Bonchev–Trinajstić information content (AvgIpc) is 3.34. The molecule has 3 heterocycles. The van der Waals surface area contributed by atoms with Crippen LogP contribution in [0.1, 0.15) is 18.4 Å². The number of anilines is 1. The third-order valence-corrected chi connectivity index (χ3v) is 6.84. The Labute approximate surface area is 184 Å². The Morgan fingerprint density at radius 1 is 1.19 bits per heavy atom. The molecule has 27 heavy (non-hydrogen) atoms. The molecule has 3 saturated heterocycles. The molecule has 1 aromatic rings. The van der Waals surface area contributed by atoms with E-state index in [9.17, 15) is 0 Å². The molecule has 0 bridgehead atoms. The molecule has 0 aliphatic carbocycles. The first kappa shape index (κ1) is 21.0. The molecule has 1 spiro atoms. The maximum absolute atomic E-state index is 5.64. The van der Waals surface area contributed by atoms with E-state index in [-0.39, 0.29) is 24.0 Å². The van der Waals surface area contributed by atoms with Crippen molar-refractivity contribution >= 4 is 47.4 Å². The molecule has 4 rings (SSSR count). The molecule has 150 valence electrons. The zero-order chi connectivity index (χ0) is 17.8. The number of rotatable bonds is 3. The van der Waals surface area contributed by atoms with Gasteiger partial charge in [-0.15, -0.1) is 24.0 Å². The summed E-state index contributed by atoms with van der Waals surface area (Å²) in [6.07, 6.45) is 2.41. The van der Waals surface area contributed by atoms with Crippen LogP contribution < -0.4 is 10.2 Å². The first-order valence-electron chi connectivity index (χ1n) is 9.73. The van der Waals surface area contributed by atoms with Crippen molar-refractivity contribution < 1.29 is 4.74 Å². The van der Waals surface area contributed by atoms with Crippen molar-refractivity contribution in [2.24, 2.45) is 10.4 Å². The van der Waals surface area contributed by atoms with Gasteiger partial charge in [0.15, 0.2) is 5.96 Å². The summed E-state index contributed by atoms with van der Waals surface area (Å²) in [5.41, 5.74) is 3.02. The van der Waals surface area contributed by atoms with E-state index < -0.39 is 0 Å². The van der Waals surface area contributed by atoms with Crippen LogP contribution in [-0.4, -0.2) is 68.8 Å². The van der Waals surface area contributed by atoms with Gasteiger partial charge in [0.2, 0.25) is 0 Å². The van der Waals surface area contributed by atoms with Gasteiger partial charge in [-0.3, -0.25) is 4.99 Å². The Balaban J connectivity index is 0.00000210. The number of halogens is 1. The number of ether oxygens (including phenoxy) is 1. The van der Waals surface area contributed by atoms with Crippen LogP contribution in [0.3, 0.4) is 0 Å². The molecule has 1 unspecified atom stereocenters. The largest absolute Gasteiger partial charge is 0.381 e. The van der Waals surface area contributed by atoms with Gasteiger partial charge in [-0.25, -0.2) is 0 Å². The number of hydrogen-bond donors (Lipinski definition) is 1. The molecule has 1 aromatic carbocycles. The summed E-state index contributed by atoms with van der Waals surface area (Å²) < 4.78 is 5.64. The highest BCUT2D eigenvalue weighted by Crippen LogP contribution is 2.38. The molecule has 1 N–H and O–H groups in total. The SMILES string of the molecule is CN=C(NCc1ccc(N2CCSCC2)cc1)N1CCC2(CCOC2)C1.I. The fourth-order valence-electron chi connectivity index (χ4n) is 4.25. The smallest absolute Gasteiger partial charge is 0.193 e. The summed E-state index contributed by atoms with van der Waals surface area (Å²) >= 11 is 2.05. The average molecular weight is 502 g/mol. The first-order valence-corrected chi connectivity index (χ1v) is 10.9. The van der Waals surface area contributed by atoms with E-state index in [0.717, 1.165) is 51.9 Å². The Morgan fingerprint density at radius 2 is 1.96 bits per heavy atom. The Kier molecular flexibility index (Phi) is 7.56. The van der Waals surface area contributed by atoms with Crippen LogP contribution in [0.25, 0.3) is 0 Å².